The number of rotatable bonds is 9. The fourth-order valence-corrected chi connectivity index (χ4v) is 4.52. The highest BCUT2D eigenvalue weighted by Gasteiger charge is 2.50. The number of thiophene rings is 1. The van der Waals surface area contributed by atoms with Gasteiger partial charge >= 0.3 is 5.97 Å². The van der Waals surface area contributed by atoms with Crippen LogP contribution in [0.3, 0.4) is 0 Å². The monoisotopic (exact) mass is 522 g/mol. The van der Waals surface area contributed by atoms with Gasteiger partial charge in [-0.25, -0.2) is 4.79 Å². The Morgan fingerprint density at radius 1 is 1.05 bits per heavy atom. The standard InChI is InChI=1S/C26H26N4O6S/c1-14(16-4-2-5-17(12-16)20-6-3-11-37-20)28-24(32)19-13-18(27)9-7-15(19)8-10-21(31)29-30-25(33)22-23(36-22)26(34)35/h2-7,9,11-14,22-23H,8,10,27H2,1H3,(H,28,32)(H,29,31)(H,30,33)(H,34,35)/t14-,22?,23?/m1/s1. The van der Waals surface area contributed by atoms with Gasteiger partial charge in [-0.15, -0.1) is 11.3 Å². The third-order valence-electron chi connectivity index (χ3n) is 5.86. The van der Waals surface area contributed by atoms with Crippen LogP contribution in [0.2, 0.25) is 0 Å². The van der Waals surface area contributed by atoms with Crippen LogP contribution in [0.15, 0.2) is 60.0 Å². The van der Waals surface area contributed by atoms with Crippen LogP contribution in [0, 0.1) is 0 Å². The highest BCUT2D eigenvalue weighted by Crippen LogP contribution is 2.27. The first-order valence-electron chi connectivity index (χ1n) is 11.5. The Balaban J connectivity index is 1.35. The molecule has 192 valence electrons. The number of amides is 3. The fraction of sp³-hybridized carbons (Fsp3) is 0.231. The van der Waals surface area contributed by atoms with E-state index in [1.165, 1.54) is 0 Å². The highest BCUT2D eigenvalue weighted by atomic mass is 32.1. The van der Waals surface area contributed by atoms with Crippen LogP contribution < -0.4 is 21.9 Å². The number of benzene rings is 2. The smallest absolute Gasteiger partial charge is 0.336 e. The Morgan fingerprint density at radius 3 is 2.57 bits per heavy atom. The molecule has 1 fully saturated rings. The summed E-state index contributed by atoms with van der Waals surface area (Å²) in [6.07, 6.45) is -2.15. The second kappa shape index (κ2) is 11.2. The van der Waals surface area contributed by atoms with Crippen molar-refractivity contribution in [3.05, 3.63) is 76.7 Å². The minimum atomic E-state index is -1.25. The molecule has 4 rings (SSSR count). The normalized spacial score (nSPS) is 16.9. The number of hydrazine groups is 1. The van der Waals surface area contributed by atoms with E-state index in [1.54, 1.807) is 29.5 Å². The molecule has 1 aromatic heterocycles. The number of carboxylic acids is 1. The molecule has 3 aromatic rings. The van der Waals surface area contributed by atoms with E-state index >= 15 is 0 Å². The van der Waals surface area contributed by atoms with E-state index in [-0.39, 0.29) is 24.8 Å². The maximum atomic E-state index is 13.2. The zero-order valence-corrected chi connectivity index (χ0v) is 20.7. The lowest BCUT2D eigenvalue weighted by atomic mass is 9.99. The molecule has 10 nitrogen and oxygen atoms in total. The summed E-state index contributed by atoms with van der Waals surface area (Å²) < 4.78 is 4.73. The highest BCUT2D eigenvalue weighted by molar-refractivity contribution is 7.13. The molecule has 1 saturated heterocycles. The van der Waals surface area contributed by atoms with Gasteiger partial charge in [0.25, 0.3) is 11.8 Å². The molecule has 1 aliphatic heterocycles. The summed E-state index contributed by atoms with van der Waals surface area (Å²) in [5.74, 6) is -2.82. The number of ether oxygens (including phenoxy) is 1. The molecule has 0 radical (unpaired) electrons. The molecule has 11 heteroatoms. The number of carbonyl (C=O) groups is 4. The lowest BCUT2D eigenvalue weighted by Gasteiger charge is -2.17. The Labute approximate surface area is 216 Å². The summed E-state index contributed by atoms with van der Waals surface area (Å²) >= 11 is 1.64. The van der Waals surface area contributed by atoms with Gasteiger partial charge in [0.05, 0.1) is 6.04 Å². The van der Waals surface area contributed by atoms with Gasteiger partial charge in [0.2, 0.25) is 5.91 Å². The van der Waals surface area contributed by atoms with Crippen molar-refractivity contribution in [2.45, 2.75) is 38.0 Å². The first-order valence-corrected chi connectivity index (χ1v) is 12.4. The fourth-order valence-electron chi connectivity index (χ4n) is 3.80. The minimum Gasteiger partial charge on any atom is -0.479 e. The molecule has 0 bridgehead atoms. The second-order valence-corrected chi connectivity index (χ2v) is 9.52. The predicted molar refractivity (Wildman–Crippen MR) is 137 cm³/mol. The van der Waals surface area contributed by atoms with Gasteiger partial charge in [-0.3, -0.25) is 25.2 Å². The number of carbonyl (C=O) groups excluding carboxylic acids is 3. The lowest BCUT2D eigenvalue weighted by Crippen LogP contribution is -2.44. The zero-order valence-electron chi connectivity index (χ0n) is 19.9. The van der Waals surface area contributed by atoms with Crippen LogP contribution in [0.25, 0.3) is 10.4 Å². The Kier molecular flexibility index (Phi) is 7.85. The van der Waals surface area contributed by atoms with Crippen molar-refractivity contribution in [3.63, 3.8) is 0 Å². The molecule has 3 amide bonds. The maximum absolute atomic E-state index is 13.2. The summed E-state index contributed by atoms with van der Waals surface area (Å²) in [5.41, 5.74) is 13.7. The first-order chi connectivity index (χ1) is 17.7. The Morgan fingerprint density at radius 2 is 1.86 bits per heavy atom. The molecular formula is C26H26N4O6S. The maximum Gasteiger partial charge on any atom is 0.336 e. The number of hydrogen-bond acceptors (Lipinski definition) is 7. The molecule has 0 spiro atoms. The minimum absolute atomic E-state index is 0.0310. The van der Waals surface area contributed by atoms with Gasteiger partial charge in [0.15, 0.2) is 12.2 Å². The average Bonchev–Trinajstić information content (AvgIpc) is 3.52. The van der Waals surface area contributed by atoms with Crippen LogP contribution in [0.4, 0.5) is 5.69 Å². The molecule has 2 aromatic carbocycles. The van der Waals surface area contributed by atoms with E-state index in [9.17, 15) is 19.2 Å². The van der Waals surface area contributed by atoms with Gasteiger partial charge in [-0.05, 0) is 59.7 Å². The summed E-state index contributed by atoms with van der Waals surface area (Å²) in [5, 5.41) is 13.8. The van der Waals surface area contributed by atoms with E-state index in [2.05, 4.69) is 16.2 Å². The van der Waals surface area contributed by atoms with Crippen LogP contribution in [0.1, 0.15) is 40.9 Å². The van der Waals surface area contributed by atoms with Gasteiger partial charge in [0.1, 0.15) is 0 Å². The number of nitrogens with one attached hydrogen (secondary N) is 3. The molecule has 37 heavy (non-hydrogen) atoms. The molecule has 1 aliphatic rings. The third kappa shape index (κ3) is 6.51. The van der Waals surface area contributed by atoms with Crippen molar-refractivity contribution in [3.8, 4) is 10.4 Å². The van der Waals surface area contributed by atoms with Crippen LogP contribution in [0.5, 0.6) is 0 Å². The molecule has 3 atom stereocenters. The SMILES string of the molecule is C[C@@H](NC(=O)c1cc(N)ccc1CCC(=O)NNC(=O)C1OC1C(=O)O)c1cccc(-c2cccs2)c1. The quantitative estimate of drug-likeness (QED) is 0.164. The lowest BCUT2D eigenvalue weighted by molar-refractivity contribution is -0.138. The number of epoxide rings is 1. The van der Waals surface area contributed by atoms with E-state index < -0.39 is 30.0 Å². The van der Waals surface area contributed by atoms with Crippen LogP contribution >= 0.6 is 11.3 Å². The zero-order chi connectivity index (χ0) is 26.5. The van der Waals surface area contributed by atoms with Crippen molar-refractivity contribution in [1.82, 2.24) is 16.2 Å². The van der Waals surface area contributed by atoms with Gasteiger partial charge in [0, 0.05) is 22.5 Å². The molecule has 0 saturated carbocycles. The number of nitrogens with two attached hydrogens (primary N) is 1. The molecule has 2 unspecified atom stereocenters. The number of carboxylic acid groups (broad SMARTS) is 1. The van der Waals surface area contributed by atoms with E-state index in [0.29, 0.717) is 16.8 Å². The number of aryl methyl sites for hydroxylation is 1. The van der Waals surface area contributed by atoms with Gasteiger partial charge in [-0.2, -0.15) is 0 Å². The van der Waals surface area contributed by atoms with Crippen molar-refractivity contribution in [2.75, 3.05) is 5.73 Å². The van der Waals surface area contributed by atoms with Gasteiger partial charge < -0.3 is 20.9 Å². The average molecular weight is 523 g/mol. The summed E-state index contributed by atoms with van der Waals surface area (Å²) in [4.78, 5) is 49.1. The van der Waals surface area contributed by atoms with Crippen molar-refractivity contribution in [2.24, 2.45) is 0 Å². The molecular weight excluding hydrogens is 496 g/mol. The summed E-state index contributed by atoms with van der Waals surface area (Å²) in [6.45, 7) is 1.89. The molecule has 2 heterocycles. The predicted octanol–water partition coefficient (Wildman–Crippen LogP) is 2.42. The van der Waals surface area contributed by atoms with E-state index in [0.717, 1.165) is 16.0 Å². The van der Waals surface area contributed by atoms with Crippen molar-refractivity contribution < 1.29 is 29.0 Å². The Bertz CT molecular complexity index is 1330. The van der Waals surface area contributed by atoms with E-state index in [1.807, 2.05) is 48.7 Å². The largest absolute Gasteiger partial charge is 0.479 e. The van der Waals surface area contributed by atoms with Gasteiger partial charge in [-0.1, -0.05) is 30.3 Å². The molecule has 0 aliphatic carbocycles. The summed E-state index contributed by atoms with van der Waals surface area (Å²) in [7, 11) is 0. The van der Waals surface area contributed by atoms with Crippen molar-refractivity contribution in [1.29, 1.82) is 0 Å². The number of aliphatic carboxylic acids is 1. The van der Waals surface area contributed by atoms with Crippen LogP contribution in [-0.4, -0.2) is 41.0 Å². The number of hydrogen-bond donors (Lipinski definition) is 5. The number of nitrogen functional groups attached to an aromatic ring is 1. The topological polar surface area (TPSA) is 163 Å². The first kappa shape index (κ1) is 25.9. The van der Waals surface area contributed by atoms with Crippen molar-refractivity contribution >= 4 is 40.7 Å². The second-order valence-electron chi connectivity index (χ2n) is 8.57. The summed E-state index contributed by atoms with van der Waals surface area (Å²) in [6, 6.07) is 16.6. The van der Waals surface area contributed by atoms with E-state index in [4.69, 9.17) is 15.6 Å². The number of anilines is 1. The third-order valence-corrected chi connectivity index (χ3v) is 6.78. The molecule has 6 N–H and O–H groups in total. The Hall–Kier alpha value is -4.22. The van der Waals surface area contributed by atoms with Crippen LogP contribution in [-0.2, 0) is 25.5 Å².